The third kappa shape index (κ3) is 6.09. The van der Waals surface area contributed by atoms with Crippen LogP contribution in [0.15, 0.2) is 67.0 Å². The number of pyridine rings is 2. The molecule has 1 aromatic carbocycles. The number of nitrogens with zero attached hydrogens (tertiary/aromatic N) is 4. The summed E-state index contributed by atoms with van der Waals surface area (Å²) in [7, 11) is 0. The van der Waals surface area contributed by atoms with E-state index in [9.17, 15) is 22.8 Å². The van der Waals surface area contributed by atoms with Crippen LogP contribution in [-0.4, -0.2) is 57.9 Å². The van der Waals surface area contributed by atoms with Gasteiger partial charge in [-0.15, -0.1) is 0 Å². The molecule has 8 nitrogen and oxygen atoms in total. The second-order valence-corrected chi connectivity index (χ2v) is 8.35. The fourth-order valence-corrected chi connectivity index (χ4v) is 3.86. The zero-order valence-electron chi connectivity index (χ0n) is 19.5. The number of piperazine rings is 1. The van der Waals surface area contributed by atoms with E-state index in [2.05, 4.69) is 20.6 Å². The Morgan fingerprint density at radius 3 is 2.22 bits per heavy atom. The summed E-state index contributed by atoms with van der Waals surface area (Å²) in [5, 5.41) is 5.67. The van der Waals surface area contributed by atoms with Crippen molar-refractivity contribution >= 4 is 29.1 Å². The highest BCUT2D eigenvalue weighted by atomic mass is 19.4. The molecule has 1 aliphatic heterocycles. The minimum Gasteiger partial charge on any atom is -0.355 e. The van der Waals surface area contributed by atoms with Crippen LogP contribution in [0.25, 0.3) is 0 Å². The highest BCUT2D eigenvalue weighted by Gasteiger charge is 2.32. The molecule has 3 heterocycles. The lowest BCUT2D eigenvalue weighted by molar-refractivity contribution is -0.141. The van der Waals surface area contributed by atoms with Crippen LogP contribution >= 0.6 is 0 Å². The predicted molar refractivity (Wildman–Crippen MR) is 129 cm³/mol. The van der Waals surface area contributed by atoms with Gasteiger partial charge in [0.2, 0.25) is 5.91 Å². The number of aromatic nitrogens is 2. The molecule has 1 unspecified atom stereocenters. The van der Waals surface area contributed by atoms with E-state index in [0.717, 1.165) is 17.8 Å². The van der Waals surface area contributed by atoms with Crippen LogP contribution in [0.1, 0.15) is 24.1 Å². The molecule has 2 N–H and O–H groups in total. The van der Waals surface area contributed by atoms with Crippen LogP contribution in [0, 0.1) is 0 Å². The van der Waals surface area contributed by atoms with Crippen molar-refractivity contribution in [2.75, 3.05) is 36.8 Å². The largest absolute Gasteiger partial charge is 0.433 e. The quantitative estimate of drug-likeness (QED) is 0.531. The number of carbonyl (C=O) groups is 2. The van der Waals surface area contributed by atoms with Crippen molar-refractivity contribution in [3.63, 3.8) is 0 Å². The molecule has 3 amide bonds. The second-order valence-electron chi connectivity index (χ2n) is 8.35. The van der Waals surface area contributed by atoms with Crippen molar-refractivity contribution in [1.82, 2.24) is 19.8 Å². The Kier molecular flexibility index (Phi) is 7.37. The molecule has 0 spiro atoms. The Morgan fingerprint density at radius 1 is 0.889 bits per heavy atom. The maximum absolute atomic E-state index is 13.0. The Bertz CT molecular complexity index is 1200. The van der Waals surface area contributed by atoms with Crippen LogP contribution in [0.4, 0.5) is 35.2 Å². The fraction of sp³-hybridized carbons (Fsp3) is 0.280. The molecule has 2 aromatic heterocycles. The number of hydrogen-bond donors (Lipinski definition) is 2. The first kappa shape index (κ1) is 25.0. The van der Waals surface area contributed by atoms with E-state index in [4.69, 9.17) is 0 Å². The number of carbonyl (C=O) groups excluding carboxylic acids is 2. The Balaban J connectivity index is 1.31. The van der Waals surface area contributed by atoms with E-state index < -0.39 is 17.8 Å². The van der Waals surface area contributed by atoms with Gasteiger partial charge in [-0.1, -0.05) is 18.2 Å². The van der Waals surface area contributed by atoms with Gasteiger partial charge in [0.1, 0.15) is 11.5 Å². The number of nitrogens with one attached hydrogen (secondary N) is 2. The molecule has 0 radical (unpaired) electrons. The van der Waals surface area contributed by atoms with E-state index >= 15 is 0 Å². The number of benzene rings is 1. The van der Waals surface area contributed by atoms with Gasteiger partial charge in [-0.3, -0.25) is 15.1 Å². The van der Waals surface area contributed by atoms with Gasteiger partial charge in [-0.25, -0.2) is 9.78 Å². The lowest BCUT2D eigenvalue weighted by Crippen LogP contribution is -2.52. The summed E-state index contributed by atoms with van der Waals surface area (Å²) in [6.45, 7) is 3.46. The highest BCUT2D eigenvalue weighted by molar-refractivity contribution is 5.89. The Morgan fingerprint density at radius 2 is 1.58 bits per heavy atom. The van der Waals surface area contributed by atoms with Crippen molar-refractivity contribution < 1.29 is 22.8 Å². The number of halogens is 3. The van der Waals surface area contributed by atoms with Crippen LogP contribution < -0.4 is 10.6 Å². The minimum absolute atomic E-state index is 0.0514. The standard InChI is InChI=1S/C25H25F3N6O2/c1-17(18-5-7-19(8-6-18)31-20-9-11-29-21(16-20)25(26,27)28)23(35)33-12-14-34(15-13-33)24(36)32-22-4-2-3-10-30-22/h2-11,16-17H,12-15H2,1H3,(H,29,31)(H,30,32,36). The first-order valence-corrected chi connectivity index (χ1v) is 11.4. The lowest BCUT2D eigenvalue weighted by Gasteiger charge is -2.36. The molecular weight excluding hydrogens is 473 g/mol. The number of hydrogen-bond acceptors (Lipinski definition) is 5. The lowest BCUT2D eigenvalue weighted by atomic mass is 9.99. The molecule has 188 valence electrons. The molecule has 0 saturated carbocycles. The monoisotopic (exact) mass is 498 g/mol. The third-order valence-electron chi connectivity index (χ3n) is 5.90. The maximum Gasteiger partial charge on any atom is 0.433 e. The molecule has 1 atom stereocenters. The van der Waals surface area contributed by atoms with Crippen LogP contribution in [-0.2, 0) is 11.0 Å². The average Bonchev–Trinajstić information content (AvgIpc) is 2.88. The van der Waals surface area contributed by atoms with Gasteiger partial charge in [-0.2, -0.15) is 13.2 Å². The van der Waals surface area contributed by atoms with Gasteiger partial charge in [-0.05, 0) is 48.9 Å². The number of alkyl halides is 3. The predicted octanol–water partition coefficient (Wildman–Crippen LogP) is 4.72. The Labute approximate surface area is 206 Å². The molecule has 1 fully saturated rings. The minimum atomic E-state index is -4.52. The van der Waals surface area contributed by atoms with E-state index in [1.165, 1.54) is 6.07 Å². The van der Waals surface area contributed by atoms with E-state index in [0.29, 0.717) is 37.7 Å². The van der Waals surface area contributed by atoms with Crippen molar-refractivity contribution in [2.45, 2.75) is 19.0 Å². The summed E-state index contributed by atoms with van der Waals surface area (Å²) in [4.78, 5) is 36.3. The molecule has 1 saturated heterocycles. The topological polar surface area (TPSA) is 90.5 Å². The first-order chi connectivity index (χ1) is 17.2. The van der Waals surface area contributed by atoms with E-state index in [-0.39, 0.29) is 17.6 Å². The van der Waals surface area contributed by atoms with Gasteiger partial charge < -0.3 is 15.1 Å². The van der Waals surface area contributed by atoms with Gasteiger partial charge in [0.15, 0.2) is 0 Å². The van der Waals surface area contributed by atoms with E-state index in [1.54, 1.807) is 58.5 Å². The molecule has 0 aliphatic carbocycles. The second kappa shape index (κ2) is 10.6. The van der Waals surface area contributed by atoms with Crippen LogP contribution in [0.5, 0.6) is 0 Å². The summed E-state index contributed by atoms with van der Waals surface area (Å²) < 4.78 is 38.6. The van der Waals surface area contributed by atoms with Crippen LogP contribution in [0.2, 0.25) is 0 Å². The zero-order chi connectivity index (χ0) is 25.7. The summed E-state index contributed by atoms with van der Waals surface area (Å²) >= 11 is 0. The number of anilines is 3. The smallest absolute Gasteiger partial charge is 0.355 e. The molecule has 11 heteroatoms. The Hall–Kier alpha value is -4.15. The SMILES string of the molecule is CC(C(=O)N1CCN(C(=O)Nc2ccccn2)CC1)c1ccc(Nc2ccnc(C(F)(F)F)c2)cc1. The third-order valence-corrected chi connectivity index (χ3v) is 5.90. The van der Waals surface area contributed by atoms with Crippen molar-refractivity contribution in [1.29, 1.82) is 0 Å². The summed E-state index contributed by atoms with van der Waals surface area (Å²) in [6.07, 6.45) is -1.83. The van der Waals surface area contributed by atoms with Crippen molar-refractivity contribution in [2.24, 2.45) is 0 Å². The molecule has 36 heavy (non-hydrogen) atoms. The van der Waals surface area contributed by atoms with Crippen LogP contribution in [0.3, 0.4) is 0 Å². The van der Waals surface area contributed by atoms with Crippen molar-refractivity contribution in [3.8, 4) is 0 Å². The summed E-state index contributed by atoms with van der Waals surface area (Å²) in [6, 6.07) is 14.4. The van der Waals surface area contributed by atoms with Gasteiger partial charge >= 0.3 is 12.2 Å². The summed E-state index contributed by atoms with van der Waals surface area (Å²) in [5.74, 6) is 0.00689. The molecule has 1 aliphatic rings. The maximum atomic E-state index is 13.0. The van der Waals surface area contributed by atoms with Gasteiger partial charge in [0, 0.05) is 49.9 Å². The van der Waals surface area contributed by atoms with E-state index in [1.807, 2.05) is 6.92 Å². The molecule has 0 bridgehead atoms. The highest BCUT2D eigenvalue weighted by Crippen LogP contribution is 2.30. The van der Waals surface area contributed by atoms with Crippen molar-refractivity contribution in [3.05, 3.63) is 78.2 Å². The fourth-order valence-electron chi connectivity index (χ4n) is 3.86. The number of urea groups is 1. The number of amides is 3. The van der Waals surface area contributed by atoms with Gasteiger partial charge in [0.05, 0.1) is 5.92 Å². The molecular formula is C25H25F3N6O2. The molecule has 3 aromatic rings. The normalized spacial score (nSPS) is 14.8. The first-order valence-electron chi connectivity index (χ1n) is 11.4. The van der Waals surface area contributed by atoms with Gasteiger partial charge in [0.25, 0.3) is 0 Å². The number of rotatable bonds is 5. The summed E-state index contributed by atoms with van der Waals surface area (Å²) in [5.41, 5.74) is 0.661. The zero-order valence-corrected chi connectivity index (χ0v) is 19.5. The molecule has 4 rings (SSSR count). The average molecular weight is 499 g/mol.